The van der Waals surface area contributed by atoms with Crippen LogP contribution in [0.4, 0.5) is 11.4 Å². The number of amides is 1. The van der Waals surface area contributed by atoms with E-state index in [4.69, 9.17) is 10.5 Å². The largest absolute Gasteiger partial charge is 0.381 e. The summed E-state index contributed by atoms with van der Waals surface area (Å²) in [6, 6.07) is 0.163. The lowest BCUT2D eigenvalue weighted by molar-refractivity contribution is -0.119. The predicted molar refractivity (Wildman–Crippen MR) is 108 cm³/mol. The maximum Gasteiger partial charge on any atom is 0.229 e. The smallest absolute Gasteiger partial charge is 0.229 e. The third-order valence-corrected chi connectivity index (χ3v) is 5.54. The molecular weight excluding hydrogens is 422 g/mol. The zero-order chi connectivity index (χ0) is 17.4. The number of aromatic nitrogens is 2. The second-order valence-corrected chi connectivity index (χ2v) is 7.63. The minimum atomic E-state index is -0.0862. The van der Waals surface area contributed by atoms with E-state index < -0.39 is 0 Å². The average Bonchev–Trinajstić information content (AvgIpc) is 3.25. The van der Waals surface area contributed by atoms with Crippen LogP contribution in [0.1, 0.15) is 19.3 Å². The van der Waals surface area contributed by atoms with Crippen LogP contribution in [-0.4, -0.2) is 48.2 Å². The molecule has 4 heterocycles. The highest BCUT2D eigenvalue weighted by atomic mass is 79.9. The molecule has 1 amide bonds. The van der Waals surface area contributed by atoms with Gasteiger partial charge in [-0.1, -0.05) is 0 Å². The van der Waals surface area contributed by atoms with Gasteiger partial charge in [-0.25, -0.2) is 4.98 Å². The van der Waals surface area contributed by atoms with Crippen LogP contribution in [0.25, 0.3) is 11.0 Å². The summed E-state index contributed by atoms with van der Waals surface area (Å²) < 4.78 is 6.23. The molecule has 0 aliphatic carbocycles. The fourth-order valence-electron chi connectivity index (χ4n) is 3.65. The lowest BCUT2D eigenvalue weighted by atomic mass is 10.0. The summed E-state index contributed by atoms with van der Waals surface area (Å²) in [7, 11) is 0. The first-order valence-corrected chi connectivity index (χ1v) is 9.47. The highest BCUT2D eigenvalue weighted by Gasteiger charge is 2.27. The van der Waals surface area contributed by atoms with Crippen LogP contribution in [0.3, 0.4) is 0 Å². The Kier molecular flexibility index (Phi) is 6.06. The normalized spacial score (nSPS) is 23.1. The SMILES string of the molecule is Cl.N[C@@H]1CCCN(c2c(Br)cnc3[nH]cc(NC(=O)C4CCOC4)c23)C1. The summed E-state index contributed by atoms with van der Waals surface area (Å²) in [6.45, 7) is 2.88. The van der Waals surface area contributed by atoms with Crippen LogP contribution < -0.4 is 16.0 Å². The van der Waals surface area contributed by atoms with E-state index in [0.717, 1.165) is 59.2 Å². The number of nitrogens with one attached hydrogen (secondary N) is 2. The van der Waals surface area contributed by atoms with Gasteiger partial charge in [-0.15, -0.1) is 12.4 Å². The topological polar surface area (TPSA) is 96.3 Å². The number of nitrogens with zero attached hydrogens (tertiary/aromatic N) is 2. The van der Waals surface area contributed by atoms with Crippen molar-refractivity contribution in [2.75, 3.05) is 36.5 Å². The van der Waals surface area contributed by atoms with Gasteiger partial charge in [-0.05, 0) is 35.2 Å². The van der Waals surface area contributed by atoms with Crippen molar-refractivity contribution in [3.8, 4) is 0 Å². The Morgan fingerprint density at radius 2 is 2.31 bits per heavy atom. The number of ether oxygens (including phenoxy) is 1. The van der Waals surface area contributed by atoms with Crippen molar-refractivity contribution in [1.82, 2.24) is 9.97 Å². The van der Waals surface area contributed by atoms with Crippen LogP contribution in [0.5, 0.6) is 0 Å². The van der Waals surface area contributed by atoms with E-state index in [1.165, 1.54) is 0 Å². The van der Waals surface area contributed by atoms with Crippen LogP contribution in [0.15, 0.2) is 16.9 Å². The van der Waals surface area contributed by atoms with Crippen LogP contribution in [-0.2, 0) is 9.53 Å². The second kappa shape index (κ2) is 8.12. The van der Waals surface area contributed by atoms with E-state index in [1.54, 1.807) is 6.20 Å². The fourth-order valence-corrected chi connectivity index (χ4v) is 4.20. The summed E-state index contributed by atoms with van der Waals surface area (Å²) in [5.41, 5.74) is 8.73. The Balaban J connectivity index is 0.00000196. The summed E-state index contributed by atoms with van der Waals surface area (Å²) in [4.78, 5) is 22.4. The zero-order valence-electron chi connectivity index (χ0n) is 14.3. The number of aromatic amines is 1. The fraction of sp³-hybridized carbons (Fsp3) is 0.529. The van der Waals surface area contributed by atoms with Crippen molar-refractivity contribution >= 4 is 56.7 Å². The van der Waals surface area contributed by atoms with Gasteiger partial charge >= 0.3 is 0 Å². The van der Waals surface area contributed by atoms with Gasteiger partial charge in [0.1, 0.15) is 5.65 Å². The summed E-state index contributed by atoms with van der Waals surface area (Å²) >= 11 is 3.63. The quantitative estimate of drug-likeness (QED) is 0.676. The molecular formula is C17H23BrClN5O2. The number of halogens is 2. The number of carbonyl (C=O) groups is 1. The van der Waals surface area contributed by atoms with Crippen LogP contribution in [0, 0.1) is 5.92 Å². The van der Waals surface area contributed by atoms with Crippen LogP contribution in [0.2, 0.25) is 0 Å². The van der Waals surface area contributed by atoms with Gasteiger partial charge in [0, 0.05) is 38.1 Å². The van der Waals surface area contributed by atoms with Gasteiger partial charge in [0.05, 0.1) is 33.8 Å². The lowest BCUT2D eigenvalue weighted by Crippen LogP contribution is -2.43. The molecule has 142 valence electrons. The second-order valence-electron chi connectivity index (χ2n) is 6.78. The van der Waals surface area contributed by atoms with E-state index in [1.807, 2.05) is 6.20 Å². The number of carbonyl (C=O) groups excluding carboxylic acids is 1. The Bertz CT molecular complexity index is 793. The van der Waals surface area contributed by atoms with Gasteiger partial charge in [-0.2, -0.15) is 0 Å². The highest BCUT2D eigenvalue weighted by Crippen LogP contribution is 2.39. The maximum absolute atomic E-state index is 12.5. The summed E-state index contributed by atoms with van der Waals surface area (Å²) in [6.07, 6.45) is 6.48. The number of hydrogen-bond donors (Lipinski definition) is 3. The Morgan fingerprint density at radius 3 is 3.04 bits per heavy atom. The van der Waals surface area contributed by atoms with Gasteiger partial charge in [0.25, 0.3) is 0 Å². The first kappa shape index (κ1) is 19.4. The van der Waals surface area contributed by atoms with Gasteiger partial charge in [0.2, 0.25) is 5.91 Å². The van der Waals surface area contributed by atoms with Crippen molar-refractivity contribution in [2.45, 2.75) is 25.3 Å². The number of fused-ring (bicyclic) bond motifs is 1. The van der Waals surface area contributed by atoms with E-state index >= 15 is 0 Å². The number of nitrogens with two attached hydrogens (primary N) is 1. The molecule has 26 heavy (non-hydrogen) atoms. The summed E-state index contributed by atoms with van der Waals surface area (Å²) in [5, 5.41) is 3.98. The molecule has 1 unspecified atom stereocenters. The first-order valence-electron chi connectivity index (χ1n) is 8.68. The Labute approximate surface area is 166 Å². The maximum atomic E-state index is 12.5. The third-order valence-electron chi connectivity index (χ3n) is 4.96. The third kappa shape index (κ3) is 3.69. The molecule has 0 aromatic carbocycles. The van der Waals surface area contributed by atoms with Gasteiger partial charge < -0.3 is 25.7 Å². The van der Waals surface area contributed by atoms with Crippen LogP contribution >= 0.6 is 28.3 Å². The molecule has 9 heteroatoms. The number of rotatable bonds is 3. The molecule has 0 radical (unpaired) electrons. The van der Waals surface area contributed by atoms with Crippen molar-refractivity contribution in [2.24, 2.45) is 11.7 Å². The molecule has 2 saturated heterocycles. The van der Waals surface area contributed by atoms with E-state index in [-0.39, 0.29) is 30.3 Å². The standard InChI is InChI=1S/C17H22BrN5O2.ClH/c18-12-6-20-16-14(15(12)23-4-1-2-11(19)8-23)13(7-21-16)22-17(24)10-3-5-25-9-10;/h6-7,10-11H,1-5,8-9,19H2,(H,20,21)(H,22,24);1H/t10?,11-;/m1./s1. The van der Waals surface area contributed by atoms with E-state index in [9.17, 15) is 4.79 Å². The molecule has 2 aliphatic heterocycles. The predicted octanol–water partition coefficient (Wildman–Crippen LogP) is 2.65. The Hall–Kier alpha value is -1.35. The number of pyridine rings is 1. The molecule has 2 aromatic heterocycles. The first-order chi connectivity index (χ1) is 12.1. The van der Waals surface area contributed by atoms with Crippen molar-refractivity contribution in [3.63, 3.8) is 0 Å². The molecule has 0 spiro atoms. The van der Waals surface area contributed by atoms with Gasteiger partial charge in [0.15, 0.2) is 0 Å². The molecule has 0 bridgehead atoms. The van der Waals surface area contributed by atoms with E-state index in [2.05, 4.69) is 36.1 Å². The zero-order valence-corrected chi connectivity index (χ0v) is 16.7. The molecule has 2 fully saturated rings. The molecule has 4 rings (SSSR count). The lowest BCUT2D eigenvalue weighted by Gasteiger charge is -2.33. The molecule has 2 atom stereocenters. The average molecular weight is 445 g/mol. The van der Waals surface area contributed by atoms with Crippen molar-refractivity contribution in [1.29, 1.82) is 0 Å². The molecule has 7 nitrogen and oxygen atoms in total. The number of H-pyrrole nitrogens is 1. The molecule has 2 aromatic rings. The van der Waals surface area contributed by atoms with Crippen molar-refractivity contribution < 1.29 is 9.53 Å². The number of hydrogen-bond acceptors (Lipinski definition) is 5. The minimum Gasteiger partial charge on any atom is -0.381 e. The minimum absolute atomic E-state index is 0. The summed E-state index contributed by atoms with van der Waals surface area (Å²) in [5.74, 6) is -0.0865. The molecule has 2 aliphatic rings. The molecule has 4 N–H and O–H groups in total. The Morgan fingerprint density at radius 1 is 1.46 bits per heavy atom. The molecule has 0 saturated carbocycles. The van der Waals surface area contributed by atoms with E-state index in [0.29, 0.717) is 13.2 Å². The van der Waals surface area contributed by atoms with Gasteiger partial charge in [-0.3, -0.25) is 4.79 Å². The highest BCUT2D eigenvalue weighted by molar-refractivity contribution is 9.10. The van der Waals surface area contributed by atoms with Crippen molar-refractivity contribution in [3.05, 3.63) is 16.9 Å². The monoisotopic (exact) mass is 443 g/mol. The number of anilines is 2. The number of piperidine rings is 1.